The topological polar surface area (TPSA) is 69.6 Å². The average molecular weight is 268 g/mol. The molecule has 2 N–H and O–H groups in total. The molecule has 0 bridgehead atoms. The van der Waals surface area contributed by atoms with Crippen molar-refractivity contribution in [3.8, 4) is 0 Å². The molecule has 2 amide bonds. The second kappa shape index (κ2) is 5.49. The number of nitrogens with one attached hydrogen (secondary N) is 1. The van der Waals surface area contributed by atoms with Gasteiger partial charge < -0.3 is 15.3 Å². The fraction of sp³-hybridized carbons (Fsp3) is 0.857. The van der Waals surface area contributed by atoms with Crippen molar-refractivity contribution in [1.82, 2.24) is 10.2 Å². The van der Waals surface area contributed by atoms with Gasteiger partial charge in [-0.05, 0) is 38.5 Å². The van der Waals surface area contributed by atoms with Gasteiger partial charge in [-0.15, -0.1) is 0 Å². The number of amides is 2. The van der Waals surface area contributed by atoms with Gasteiger partial charge in [0.25, 0.3) is 0 Å². The Morgan fingerprint density at radius 2 is 2.21 bits per heavy atom. The van der Waals surface area contributed by atoms with Crippen LogP contribution in [0, 0.1) is 11.3 Å². The van der Waals surface area contributed by atoms with E-state index in [-0.39, 0.29) is 35.8 Å². The predicted octanol–water partition coefficient (Wildman–Crippen LogP) is 0.522. The van der Waals surface area contributed by atoms with E-state index in [1.165, 1.54) is 0 Å². The van der Waals surface area contributed by atoms with Crippen molar-refractivity contribution >= 4 is 11.8 Å². The van der Waals surface area contributed by atoms with E-state index >= 15 is 0 Å². The van der Waals surface area contributed by atoms with E-state index in [0.717, 1.165) is 19.3 Å². The Hall–Kier alpha value is -1.10. The lowest BCUT2D eigenvalue weighted by molar-refractivity contribution is -0.130. The summed E-state index contributed by atoms with van der Waals surface area (Å²) in [5, 5.41) is 11.9. The molecule has 0 aromatic carbocycles. The molecule has 0 aromatic rings. The number of hydrogen-bond donors (Lipinski definition) is 2. The van der Waals surface area contributed by atoms with Gasteiger partial charge in [0.05, 0.1) is 5.92 Å². The molecule has 1 atom stereocenters. The van der Waals surface area contributed by atoms with Crippen molar-refractivity contribution in [2.75, 3.05) is 19.7 Å². The number of aliphatic hydroxyl groups is 1. The van der Waals surface area contributed by atoms with E-state index in [1.54, 1.807) is 4.90 Å². The molecule has 1 saturated carbocycles. The Morgan fingerprint density at radius 1 is 1.53 bits per heavy atom. The fourth-order valence-corrected chi connectivity index (χ4v) is 2.75. The molecule has 1 unspecified atom stereocenters. The van der Waals surface area contributed by atoms with Crippen LogP contribution in [0.25, 0.3) is 0 Å². The SMILES string of the molecule is CC(C)N1CC(C(=O)NCC2(CCO)CC2)CC1=O. The third kappa shape index (κ3) is 3.26. The number of carbonyl (C=O) groups is 2. The smallest absolute Gasteiger partial charge is 0.225 e. The van der Waals surface area contributed by atoms with Crippen molar-refractivity contribution in [2.24, 2.45) is 11.3 Å². The van der Waals surface area contributed by atoms with Gasteiger partial charge in [-0.2, -0.15) is 0 Å². The monoisotopic (exact) mass is 268 g/mol. The van der Waals surface area contributed by atoms with Crippen molar-refractivity contribution in [1.29, 1.82) is 0 Å². The van der Waals surface area contributed by atoms with Gasteiger partial charge in [0.2, 0.25) is 11.8 Å². The first-order valence-corrected chi connectivity index (χ1v) is 7.15. The maximum Gasteiger partial charge on any atom is 0.225 e. The third-order valence-electron chi connectivity index (χ3n) is 4.39. The number of aliphatic hydroxyl groups excluding tert-OH is 1. The van der Waals surface area contributed by atoms with Gasteiger partial charge in [-0.25, -0.2) is 0 Å². The minimum atomic E-state index is -0.208. The maximum atomic E-state index is 12.1. The van der Waals surface area contributed by atoms with Crippen molar-refractivity contribution in [2.45, 2.75) is 45.6 Å². The number of rotatable bonds is 6. The molecule has 1 heterocycles. The second-order valence-electron chi connectivity index (χ2n) is 6.23. The number of nitrogens with zero attached hydrogens (tertiary/aromatic N) is 1. The molecule has 1 saturated heterocycles. The summed E-state index contributed by atoms with van der Waals surface area (Å²) in [4.78, 5) is 25.6. The van der Waals surface area contributed by atoms with Gasteiger partial charge >= 0.3 is 0 Å². The zero-order valence-electron chi connectivity index (χ0n) is 11.8. The van der Waals surface area contributed by atoms with Crippen LogP contribution in [0.4, 0.5) is 0 Å². The quantitative estimate of drug-likeness (QED) is 0.738. The highest BCUT2D eigenvalue weighted by atomic mass is 16.3. The van der Waals surface area contributed by atoms with Gasteiger partial charge in [0, 0.05) is 32.2 Å². The van der Waals surface area contributed by atoms with Crippen LogP contribution in [0.15, 0.2) is 0 Å². The second-order valence-corrected chi connectivity index (χ2v) is 6.23. The van der Waals surface area contributed by atoms with Gasteiger partial charge in [0.15, 0.2) is 0 Å². The van der Waals surface area contributed by atoms with E-state index < -0.39 is 0 Å². The summed E-state index contributed by atoms with van der Waals surface area (Å²) in [5.74, 6) is -0.146. The number of hydrogen-bond acceptors (Lipinski definition) is 3. The van der Waals surface area contributed by atoms with E-state index in [2.05, 4.69) is 5.32 Å². The zero-order chi connectivity index (χ0) is 14.0. The van der Waals surface area contributed by atoms with E-state index in [1.807, 2.05) is 13.8 Å². The van der Waals surface area contributed by atoms with Crippen molar-refractivity contribution < 1.29 is 14.7 Å². The lowest BCUT2D eigenvalue weighted by Crippen LogP contribution is -2.37. The normalized spacial score (nSPS) is 24.9. The van der Waals surface area contributed by atoms with Crippen LogP contribution < -0.4 is 5.32 Å². The molecular weight excluding hydrogens is 244 g/mol. The molecule has 1 aliphatic heterocycles. The molecule has 19 heavy (non-hydrogen) atoms. The zero-order valence-corrected chi connectivity index (χ0v) is 11.8. The van der Waals surface area contributed by atoms with E-state index in [0.29, 0.717) is 19.5 Å². The summed E-state index contributed by atoms with van der Waals surface area (Å²) in [5.41, 5.74) is 0.130. The largest absolute Gasteiger partial charge is 0.396 e. The fourth-order valence-electron chi connectivity index (χ4n) is 2.75. The van der Waals surface area contributed by atoms with Gasteiger partial charge in [-0.3, -0.25) is 9.59 Å². The number of likely N-dealkylation sites (tertiary alicyclic amines) is 1. The van der Waals surface area contributed by atoms with E-state index in [9.17, 15) is 9.59 Å². The van der Waals surface area contributed by atoms with Gasteiger partial charge in [0.1, 0.15) is 0 Å². The van der Waals surface area contributed by atoms with E-state index in [4.69, 9.17) is 5.11 Å². The Labute approximate surface area is 114 Å². The lowest BCUT2D eigenvalue weighted by Gasteiger charge is -2.21. The van der Waals surface area contributed by atoms with Crippen LogP contribution in [-0.4, -0.2) is 47.6 Å². The van der Waals surface area contributed by atoms with Crippen LogP contribution in [0.3, 0.4) is 0 Å². The molecule has 0 aromatic heterocycles. The first-order chi connectivity index (χ1) is 8.97. The highest BCUT2D eigenvalue weighted by Gasteiger charge is 2.43. The molecule has 2 fully saturated rings. The van der Waals surface area contributed by atoms with Crippen LogP contribution in [0.1, 0.15) is 39.5 Å². The highest BCUT2D eigenvalue weighted by Crippen LogP contribution is 2.47. The standard InChI is InChI=1S/C14H24N2O3/c1-10(2)16-8-11(7-12(16)18)13(19)15-9-14(3-4-14)5-6-17/h10-11,17H,3-9H2,1-2H3,(H,15,19). The minimum Gasteiger partial charge on any atom is -0.396 e. The van der Waals surface area contributed by atoms with Crippen LogP contribution in [0.2, 0.25) is 0 Å². The Bertz CT molecular complexity index is 364. The maximum absolute atomic E-state index is 12.1. The van der Waals surface area contributed by atoms with Crippen LogP contribution >= 0.6 is 0 Å². The molecule has 1 aliphatic carbocycles. The van der Waals surface area contributed by atoms with Crippen molar-refractivity contribution in [3.05, 3.63) is 0 Å². The molecule has 5 heteroatoms. The summed E-state index contributed by atoms with van der Waals surface area (Å²) in [6.07, 6.45) is 3.25. The Kier molecular flexibility index (Phi) is 4.13. The molecule has 2 aliphatic rings. The third-order valence-corrected chi connectivity index (χ3v) is 4.39. The summed E-state index contributed by atoms with van der Waals surface area (Å²) < 4.78 is 0. The predicted molar refractivity (Wildman–Crippen MR) is 71.3 cm³/mol. The minimum absolute atomic E-state index is 0.0132. The first-order valence-electron chi connectivity index (χ1n) is 7.15. The Balaban J connectivity index is 1.80. The molecule has 0 radical (unpaired) electrons. The summed E-state index contributed by atoms with van der Waals surface area (Å²) in [6.45, 7) is 5.30. The lowest BCUT2D eigenvalue weighted by atomic mass is 10.0. The molecule has 5 nitrogen and oxygen atoms in total. The summed E-state index contributed by atoms with van der Waals surface area (Å²) in [6, 6.07) is 0.162. The Morgan fingerprint density at radius 3 is 2.68 bits per heavy atom. The summed E-state index contributed by atoms with van der Waals surface area (Å²) >= 11 is 0. The molecule has 108 valence electrons. The first kappa shape index (κ1) is 14.3. The average Bonchev–Trinajstić information content (AvgIpc) is 3.00. The van der Waals surface area contributed by atoms with Gasteiger partial charge in [-0.1, -0.05) is 0 Å². The summed E-state index contributed by atoms with van der Waals surface area (Å²) in [7, 11) is 0. The van der Waals surface area contributed by atoms with Crippen molar-refractivity contribution in [3.63, 3.8) is 0 Å². The van der Waals surface area contributed by atoms with Crippen LogP contribution in [0.5, 0.6) is 0 Å². The molecule has 2 rings (SSSR count). The molecule has 0 spiro atoms. The van der Waals surface area contributed by atoms with Crippen LogP contribution in [-0.2, 0) is 9.59 Å². The molecular formula is C14H24N2O3. The highest BCUT2D eigenvalue weighted by molar-refractivity contribution is 5.89. The number of carbonyl (C=O) groups excluding carboxylic acids is 2.